The molecule has 0 aliphatic carbocycles. The van der Waals surface area contributed by atoms with Gasteiger partial charge in [0.2, 0.25) is 0 Å². The van der Waals surface area contributed by atoms with Gasteiger partial charge in [0.1, 0.15) is 0 Å². The monoisotopic (exact) mass is 441 g/mol. The van der Waals surface area contributed by atoms with Crippen LogP contribution < -0.4 is 5.32 Å². The summed E-state index contributed by atoms with van der Waals surface area (Å²) in [6.45, 7) is 4.36. The molecule has 1 aromatic heterocycles. The Kier molecular flexibility index (Phi) is 6.77. The Balaban J connectivity index is 1.77. The fourth-order valence-electron chi connectivity index (χ4n) is 3.56. The van der Waals surface area contributed by atoms with Crippen molar-refractivity contribution in [3.8, 4) is 22.5 Å². The minimum Gasteiger partial charge on any atom is -0.354 e. The first-order chi connectivity index (χ1) is 16.0. The van der Waals surface area contributed by atoms with Crippen LogP contribution in [0.25, 0.3) is 33.5 Å². The molecule has 4 rings (SSSR count). The van der Waals surface area contributed by atoms with E-state index in [4.69, 9.17) is 19.4 Å². The number of benzene rings is 3. The molecule has 0 bridgehead atoms. The summed E-state index contributed by atoms with van der Waals surface area (Å²) in [6, 6.07) is 21.8. The van der Waals surface area contributed by atoms with Gasteiger partial charge in [-0.05, 0) is 32.0 Å². The summed E-state index contributed by atoms with van der Waals surface area (Å²) in [6.07, 6.45) is -0.501. The van der Waals surface area contributed by atoms with Gasteiger partial charge in [-0.15, -0.1) is 0 Å². The van der Waals surface area contributed by atoms with Crippen molar-refractivity contribution in [3.05, 3.63) is 83.4 Å². The van der Waals surface area contributed by atoms with E-state index in [-0.39, 0.29) is 12.5 Å². The molecular formula is C27H27N3O3. The van der Waals surface area contributed by atoms with Gasteiger partial charge < -0.3 is 14.8 Å². The van der Waals surface area contributed by atoms with E-state index in [1.54, 1.807) is 12.1 Å². The lowest BCUT2D eigenvalue weighted by Gasteiger charge is -2.14. The Labute approximate surface area is 193 Å². The third-order valence-electron chi connectivity index (χ3n) is 5.53. The van der Waals surface area contributed by atoms with Crippen molar-refractivity contribution in [1.29, 1.82) is 0 Å². The number of nitrogens with one attached hydrogen (secondary N) is 1. The van der Waals surface area contributed by atoms with E-state index in [0.29, 0.717) is 11.1 Å². The molecule has 0 fully saturated rings. The van der Waals surface area contributed by atoms with Gasteiger partial charge in [-0.2, -0.15) is 0 Å². The maximum Gasteiger partial charge on any atom is 0.251 e. The Bertz CT molecular complexity index is 1260. The van der Waals surface area contributed by atoms with E-state index < -0.39 is 6.29 Å². The topological polar surface area (TPSA) is 73.3 Å². The van der Waals surface area contributed by atoms with Crippen LogP contribution >= 0.6 is 0 Å². The Hall–Kier alpha value is -3.61. The quantitative estimate of drug-likeness (QED) is 0.412. The van der Waals surface area contributed by atoms with Gasteiger partial charge in [-0.1, -0.05) is 59.7 Å². The van der Waals surface area contributed by atoms with Crippen LogP contribution in [0.4, 0.5) is 0 Å². The lowest BCUT2D eigenvalue weighted by molar-refractivity contribution is -0.0974. The van der Waals surface area contributed by atoms with E-state index in [2.05, 4.69) is 67.7 Å². The van der Waals surface area contributed by atoms with Crippen molar-refractivity contribution in [3.63, 3.8) is 0 Å². The third kappa shape index (κ3) is 5.08. The summed E-state index contributed by atoms with van der Waals surface area (Å²) in [5, 5.41) is 2.82. The van der Waals surface area contributed by atoms with Gasteiger partial charge in [-0.3, -0.25) is 4.79 Å². The molecule has 6 heteroatoms. The minimum absolute atomic E-state index is 0.225. The zero-order valence-corrected chi connectivity index (χ0v) is 19.3. The number of carbonyl (C=O) groups excluding carboxylic acids is 1. The van der Waals surface area contributed by atoms with Crippen molar-refractivity contribution < 1.29 is 14.3 Å². The average molecular weight is 442 g/mol. The van der Waals surface area contributed by atoms with Crippen LogP contribution in [0.2, 0.25) is 0 Å². The molecular weight excluding hydrogens is 414 g/mol. The van der Waals surface area contributed by atoms with Crippen LogP contribution in [0.5, 0.6) is 0 Å². The van der Waals surface area contributed by atoms with Gasteiger partial charge in [0.15, 0.2) is 6.29 Å². The highest BCUT2D eigenvalue weighted by atomic mass is 16.7. The summed E-state index contributed by atoms with van der Waals surface area (Å²) >= 11 is 0. The van der Waals surface area contributed by atoms with E-state index in [9.17, 15) is 4.79 Å². The number of hydrogen-bond donors (Lipinski definition) is 1. The number of rotatable bonds is 7. The first-order valence-corrected chi connectivity index (χ1v) is 10.8. The lowest BCUT2D eigenvalue weighted by atomic mass is 10.0. The normalized spacial score (nSPS) is 11.2. The Morgan fingerprint density at radius 1 is 0.788 bits per heavy atom. The molecule has 0 saturated heterocycles. The molecule has 0 radical (unpaired) electrons. The predicted molar refractivity (Wildman–Crippen MR) is 130 cm³/mol. The van der Waals surface area contributed by atoms with Crippen LogP contribution in [-0.4, -0.2) is 42.9 Å². The van der Waals surface area contributed by atoms with Crippen LogP contribution in [0.1, 0.15) is 21.5 Å². The first kappa shape index (κ1) is 22.6. The standard InChI is InChI=1S/C27H27N3O3/c1-17-5-9-19(10-6-17)25-26(20-11-7-18(2)8-12-20)30-23-15-21(13-14-22(23)29-25)27(31)28-16-24(32-3)33-4/h5-15,24H,16H2,1-4H3,(H,28,31). The lowest BCUT2D eigenvalue weighted by Crippen LogP contribution is -2.34. The molecule has 0 unspecified atom stereocenters. The second kappa shape index (κ2) is 9.90. The number of fused-ring (bicyclic) bond motifs is 1. The molecule has 0 aliphatic heterocycles. The van der Waals surface area contributed by atoms with E-state index in [1.807, 2.05) is 6.07 Å². The maximum atomic E-state index is 12.7. The highest BCUT2D eigenvalue weighted by molar-refractivity contribution is 5.98. The van der Waals surface area contributed by atoms with Crippen molar-refractivity contribution in [1.82, 2.24) is 15.3 Å². The van der Waals surface area contributed by atoms with Crippen molar-refractivity contribution in [2.75, 3.05) is 20.8 Å². The summed E-state index contributed by atoms with van der Waals surface area (Å²) in [7, 11) is 3.06. The zero-order chi connectivity index (χ0) is 23.4. The number of amides is 1. The largest absolute Gasteiger partial charge is 0.354 e. The van der Waals surface area contributed by atoms with Crippen molar-refractivity contribution in [2.24, 2.45) is 0 Å². The minimum atomic E-state index is -0.501. The predicted octanol–water partition coefficient (Wildman–Crippen LogP) is 4.93. The molecule has 1 N–H and O–H groups in total. The summed E-state index contributed by atoms with van der Waals surface area (Å²) in [4.78, 5) is 22.6. The summed E-state index contributed by atoms with van der Waals surface area (Å²) in [5.74, 6) is -0.225. The first-order valence-electron chi connectivity index (χ1n) is 10.8. The number of methoxy groups -OCH3 is 2. The van der Waals surface area contributed by atoms with Gasteiger partial charge in [-0.25, -0.2) is 9.97 Å². The maximum absolute atomic E-state index is 12.7. The number of nitrogens with zero attached hydrogens (tertiary/aromatic N) is 2. The Morgan fingerprint density at radius 2 is 1.30 bits per heavy atom. The van der Waals surface area contributed by atoms with Crippen LogP contribution in [0.3, 0.4) is 0 Å². The highest BCUT2D eigenvalue weighted by Crippen LogP contribution is 2.31. The summed E-state index contributed by atoms with van der Waals surface area (Å²) in [5.41, 5.74) is 7.81. The van der Waals surface area contributed by atoms with Gasteiger partial charge >= 0.3 is 0 Å². The molecule has 1 heterocycles. The van der Waals surface area contributed by atoms with Crippen LogP contribution in [0.15, 0.2) is 66.7 Å². The van der Waals surface area contributed by atoms with Gasteiger partial charge in [0, 0.05) is 30.9 Å². The number of hydrogen-bond acceptors (Lipinski definition) is 5. The second-order valence-electron chi connectivity index (χ2n) is 7.97. The number of carbonyl (C=O) groups is 1. The van der Waals surface area contributed by atoms with E-state index in [1.165, 1.54) is 25.3 Å². The molecule has 33 heavy (non-hydrogen) atoms. The fourth-order valence-corrected chi connectivity index (χ4v) is 3.56. The molecule has 4 aromatic rings. The van der Waals surface area contributed by atoms with Crippen LogP contribution in [-0.2, 0) is 9.47 Å². The van der Waals surface area contributed by atoms with Crippen LogP contribution in [0, 0.1) is 13.8 Å². The molecule has 168 valence electrons. The molecule has 0 atom stereocenters. The van der Waals surface area contributed by atoms with Crippen molar-refractivity contribution in [2.45, 2.75) is 20.1 Å². The fraction of sp³-hybridized carbons (Fsp3) is 0.222. The van der Waals surface area contributed by atoms with Gasteiger partial charge in [0.25, 0.3) is 5.91 Å². The smallest absolute Gasteiger partial charge is 0.251 e. The van der Waals surface area contributed by atoms with Crippen molar-refractivity contribution >= 4 is 16.9 Å². The molecule has 0 saturated carbocycles. The van der Waals surface area contributed by atoms with E-state index >= 15 is 0 Å². The summed E-state index contributed by atoms with van der Waals surface area (Å²) < 4.78 is 10.3. The molecule has 0 aliphatic rings. The zero-order valence-electron chi connectivity index (χ0n) is 19.3. The molecule has 0 spiro atoms. The number of ether oxygens (including phenoxy) is 2. The second-order valence-corrected chi connectivity index (χ2v) is 7.97. The highest BCUT2D eigenvalue weighted by Gasteiger charge is 2.16. The molecule has 3 aromatic carbocycles. The van der Waals surface area contributed by atoms with Gasteiger partial charge in [0.05, 0.1) is 29.0 Å². The Morgan fingerprint density at radius 3 is 1.82 bits per heavy atom. The SMILES string of the molecule is COC(CNC(=O)c1ccc2nc(-c3ccc(C)cc3)c(-c3ccc(C)cc3)nc2c1)OC. The average Bonchev–Trinajstić information content (AvgIpc) is 2.84. The molecule has 1 amide bonds. The third-order valence-corrected chi connectivity index (χ3v) is 5.53. The number of aromatic nitrogens is 2. The van der Waals surface area contributed by atoms with E-state index in [0.717, 1.165) is 28.0 Å². The number of aryl methyl sites for hydroxylation is 2. The molecule has 6 nitrogen and oxygen atoms in total.